The Morgan fingerprint density at radius 3 is 3.11 bits per heavy atom. The fourth-order valence-electron chi connectivity index (χ4n) is 1.27. The van der Waals surface area contributed by atoms with Crippen molar-refractivity contribution in [2.45, 2.75) is 0 Å². The highest BCUT2D eigenvalue weighted by atomic mass is 79.9. The lowest BCUT2D eigenvalue weighted by molar-refractivity contribution is 0.102. The first-order valence-corrected chi connectivity index (χ1v) is 6.25. The number of H-pyrrole nitrogens is 1. The molecule has 0 aliphatic heterocycles. The van der Waals surface area contributed by atoms with Gasteiger partial charge in [0, 0.05) is 10.9 Å². The summed E-state index contributed by atoms with van der Waals surface area (Å²) < 4.78 is 5.40. The number of carbonyl (C=O) groups excluding carboxylic acids is 1. The predicted molar refractivity (Wildman–Crippen MR) is 67.9 cm³/mol. The number of amides is 1. The third-order valence-corrected chi connectivity index (χ3v) is 2.34. The van der Waals surface area contributed by atoms with Crippen molar-refractivity contribution < 1.29 is 9.53 Å². The molecule has 0 aliphatic rings. The summed E-state index contributed by atoms with van der Waals surface area (Å²) in [7, 11) is 0. The third kappa shape index (κ3) is 3.27. The minimum atomic E-state index is -0.319. The molecule has 0 atom stereocenters. The molecule has 7 nitrogen and oxygen atoms in total. The van der Waals surface area contributed by atoms with Gasteiger partial charge in [-0.25, -0.2) is 0 Å². The van der Waals surface area contributed by atoms with Gasteiger partial charge >= 0.3 is 0 Å². The lowest BCUT2D eigenvalue weighted by atomic mass is 10.2. The molecule has 2 N–H and O–H groups in total. The number of aromatic amines is 1. The van der Waals surface area contributed by atoms with E-state index in [1.54, 1.807) is 24.3 Å². The highest BCUT2D eigenvalue weighted by Gasteiger charge is 2.09. The van der Waals surface area contributed by atoms with Gasteiger partial charge in [0.25, 0.3) is 11.9 Å². The molecule has 1 aromatic heterocycles. The fourth-order valence-corrected chi connectivity index (χ4v) is 1.43. The number of alkyl halides is 1. The molecule has 0 unspecified atom stereocenters. The largest absolute Gasteiger partial charge is 0.493 e. The van der Waals surface area contributed by atoms with Crippen LogP contribution in [0.4, 0.5) is 5.95 Å². The summed E-state index contributed by atoms with van der Waals surface area (Å²) in [5.74, 6) is 0.447. The quantitative estimate of drug-likeness (QED) is 0.810. The molecule has 0 radical (unpaired) electrons. The second kappa shape index (κ2) is 6.10. The molecular weight excluding hydrogens is 302 g/mol. The first-order valence-electron chi connectivity index (χ1n) is 5.13. The molecule has 1 heterocycles. The van der Waals surface area contributed by atoms with Gasteiger partial charge in [-0.2, -0.15) is 5.21 Å². The average Bonchev–Trinajstić information content (AvgIpc) is 2.89. The minimum Gasteiger partial charge on any atom is -0.493 e. The van der Waals surface area contributed by atoms with E-state index < -0.39 is 0 Å². The molecular formula is C10H10BrN5O2. The summed E-state index contributed by atoms with van der Waals surface area (Å²) in [4.78, 5) is 11.8. The standard InChI is InChI=1S/C10H10BrN5O2/c11-4-5-18-8-3-1-2-7(6-8)9(17)12-10-13-15-16-14-10/h1-3,6H,4-5H2,(H2,12,13,14,15,16,17). The van der Waals surface area contributed by atoms with Gasteiger partial charge in [-0.1, -0.05) is 27.1 Å². The van der Waals surface area contributed by atoms with Crippen molar-refractivity contribution in [2.75, 3.05) is 17.3 Å². The summed E-state index contributed by atoms with van der Waals surface area (Å²) in [5, 5.41) is 16.1. The molecule has 0 saturated carbocycles. The third-order valence-electron chi connectivity index (χ3n) is 2.01. The molecule has 1 aromatic carbocycles. The average molecular weight is 312 g/mol. The SMILES string of the molecule is O=C(Nc1nn[nH]n1)c1cccc(OCCBr)c1. The number of hydrogen-bond donors (Lipinski definition) is 2. The zero-order valence-electron chi connectivity index (χ0n) is 9.26. The van der Waals surface area contributed by atoms with E-state index in [1.807, 2.05) is 0 Å². The van der Waals surface area contributed by atoms with Gasteiger partial charge in [0.1, 0.15) is 5.75 Å². The normalized spacial score (nSPS) is 10.1. The Morgan fingerprint density at radius 1 is 1.50 bits per heavy atom. The van der Waals surface area contributed by atoms with Gasteiger partial charge < -0.3 is 4.74 Å². The first-order chi connectivity index (χ1) is 8.79. The van der Waals surface area contributed by atoms with Crippen LogP contribution >= 0.6 is 15.9 Å². The molecule has 0 fully saturated rings. The summed E-state index contributed by atoms with van der Waals surface area (Å²) in [6.07, 6.45) is 0. The maximum atomic E-state index is 11.8. The van der Waals surface area contributed by atoms with Crippen LogP contribution in [0.15, 0.2) is 24.3 Å². The number of carbonyl (C=O) groups is 1. The second-order valence-electron chi connectivity index (χ2n) is 3.25. The van der Waals surface area contributed by atoms with Crippen molar-refractivity contribution in [2.24, 2.45) is 0 Å². The molecule has 18 heavy (non-hydrogen) atoms. The molecule has 1 amide bonds. The van der Waals surface area contributed by atoms with E-state index in [2.05, 4.69) is 41.9 Å². The Balaban J connectivity index is 2.05. The van der Waals surface area contributed by atoms with Crippen LogP contribution in [0.1, 0.15) is 10.4 Å². The number of tetrazole rings is 1. The van der Waals surface area contributed by atoms with E-state index in [1.165, 1.54) is 0 Å². The molecule has 94 valence electrons. The highest BCUT2D eigenvalue weighted by Crippen LogP contribution is 2.14. The fraction of sp³-hybridized carbons (Fsp3) is 0.200. The number of hydrogen-bond acceptors (Lipinski definition) is 5. The van der Waals surface area contributed by atoms with Gasteiger partial charge in [0.05, 0.1) is 6.61 Å². The Morgan fingerprint density at radius 2 is 2.39 bits per heavy atom. The van der Waals surface area contributed by atoms with Gasteiger partial charge in [-0.3, -0.25) is 10.1 Å². The molecule has 0 saturated heterocycles. The summed E-state index contributed by atoms with van der Waals surface area (Å²) in [6, 6.07) is 6.86. The van der Waals surface area contributed by atoms with Crippen LogP contribution in [-0.2, 0) is 0 Å². The van der Waals surface area contributed by atoms with Crippen LogP contribution in [-0.4, -0.2) is 38.5 Å². The molecule has 2 aromatic rings. The monoisotopic (exact) mass is 311 g/mol. The summed E-state index contributed by atoms with van der Waals surface area (Å²) in [6.45, 7) is 0.538. The highest BCUT2D eigenvalue weighted by molar-refractivity contribution is 9.09. The van der Waals surface area contributed by atoms with E-state index in [-0.39, 0.29) is 11.9 Å². The second-order valence-corrected chi connectivity index (χ2v) is 4.05. The van der Waals surface area contributed by atoms with Crippen LogP contribution in [0, 0.1) is 0 Å². The van der Waals surface area contributed by atoms with Gasteiger partial charge in [0.15, 0.2) is 0 Å². The molecule has 0 aliphatic carbocycles. The van der Waals surface area contributed by atoms with Crippen molar-refractivity contribution in [1.82, 2.24) is 20.6 Å². The summed E-state index contributed by atoms with van der Waals surface area (Å²) in [5.41, 5.74) is 0.465. The predicted octanol–water partition coefficient (Wildman–Crippen LogP) is 1.23. The van der Waals surface area contributed by atoms with Crippen LogP contribution in [0.5, 0.6) is 5.75 Å². The molecule has 0 spiro atoms. The Hall–Kier alpha value is -1.96. The lowest BCUT2D eigenvalue weighted by Crippen LogP contribution is -2.13. The number of rotatable bonds is 5. The van der Waals surface area contributed by atoms with Gasteiger partial charge in [0.2, 0.25) is 0 Å². The van der Waals surface area contributed by atoms with E-state index in [0.717, 1.165) is 5.33 Å². The number of nitrogens with one attached hydrogen (secondary N) is 2. The lowest BCUT2D eigenvalue weighted by Gasteiger charge is -2.06. The van der Waals surface area contributed by atoms with Gasteiger partial charge in [-0.05, 0) is 23.4 Å². The molecule has 8 heteroatoms. The van der Waals surface area contributed by atoms with Crippen molar-refractivity contribution in [1.29, 1.82) is 0 Å². The van der Waals surface area contributed by atoms with Crippen molar-refractivity contribution >= 4 is 27.8 Å². The Bertz CT molecular complexity index is 517. The summed E-state index contributed by atoms with van der Waals surface area (Å²) >= 11 is 3.26. The maximum absolute atomic E-state index is 11.8. The van der Waals surface area contributed by atoms with Crippen LogP contribution in [0.3, 0.4) is 0 Å². The number of halogens is 1. The van der Waals surface area contributed by atoms with Crippen molar-refractivity contribution in [3.8, 4) is 5.75 Å². The molecule has 2 rings (SSSR count). The smallest absolute Gasteiger partial charge is 0.270 e. The van der Waals surface area contributed by atoms with Crippen LogP contribution in [0.2, 0.25) is 0 Å². The topological polar surface area (TPSA) is 92.8 Å². The first kappa shape index (κ1) is 12.5. The number of benzene rings is 1. The van der Waals surface area contributed by atoms with E-state index >= 15 is 0 Å². The van der Waals surface area contributed by atoms with Crippen molar-refractivity contribution in [3.05, 3.63) is 29.8 Å². The number of anilines is 1. The van der Waals surface area contributed by atoms with Crippen LogP contribution < -0.4 is 10.1 Å². The van der Waals surface area contributed by atoms with E-state index in [4.69, 9.17) is 4.74 Å². The van der Waals surface area contributed by atoms with Gasteiger partial charge in [-0.15, -0.1) is 5.10 Å². The Kier molecular flexibility index (Phi) is 4.24. The van der Waals surface area contributed by atoms with E-state index in [9.17, 15) is 4.79 Å². The van der Waals surface area contributed by atoms with Crippen LogP contribution in [0.25, 0.3) is 0 Å². The minimum absolute atomic E-state index is 0.131. The zero-order valence-corrected chi connectivity index (χ0v) is 10.8. The number of ether oxygens (including phenoxy) is 1. The zero-order chi connectivity index (χ0) is 12.8. The Labute approximate surface area is 111 Å². The molecule has 0 bridgehead atoms. The number of aromatic nitrogens is 4. The number of nitrogens with zero attached hydrogens (tertiary/aromatic N) is 3. The van der Waals surface area contributed by atoms with Crippen molar-refractivity contribution in [3.63, 3.8) is 0 Å². The maximum Gasteiger partial charge on any atom is 0.270 e. The van der Waals surface area contributed by atoms with E-state index in [0.29, 0.717) is 17.9 Å².